The van der Waals surface area contributed by atoms with Crippen LogP contribution < -0.4 is 15.6 Å². The Morgan fingerprint density at radius 3 is 2.43 bits per heavy atom. The Hall–Kier alpha value is -2.53. The van der Waals surface area contributed by atoms with E-state index in [1.54, 1.807) is 18.4 Å². The molecule has 21 heavy (non-hydrogen) atoms. The van der Waals surface area contributed by atoms with E-state index in [1.165, 1.54) is 0 Å². The molecule has 0 atom stereocenters. The van der Waals surface area contributed by atoms with Gasteiger partial charge in [0, 0.05) is 10.9 Å². The smallest absolute Gasteiger partial charge is 0.202 e. The summed E-state index contributed by atoms with van der Waals surface area (Å²) >= 11 is 1.56. The predicted octanol–water partition coefficient (Wildman–Crippen LogP) is 4.26. The molecule has 106 valence electrons. The second-order valence-corrected chi connectivity index (χ2v) is 5.24. The Labute approximate surface area is 127 Å². The van der Waals surface area contributed by atoms with Gasteiger partial charge in [-0.1, -0.05) is 18.2 Å². The van der Waals surface area contributed by atoms with Crippen LogP contribution in [0.15, 0.2) is 60.0 Å². The summed E-state index contributed by atoms with van der Waals surface area (Å²) in [4.78, 5) is 4.56. The minimum atomic E-state index is 0.824. The number of thiazole rings is 1. The van der Waals surface area contributed by atoms with Crippen molar-refractivity contribution in [1.82, 2.24) is 4.98 Å². The first kappa shape index (κ1) is 13.5. The van der Waals surface area contributed by atoms with Crippen LogP contribution in [0.1, 0.15) is 0 Å². The van der Waals surface area contributed by atoms with Gasteiger partial charge in [0.1, 0.15) is 5.75 Å². The van der Waals surface area contributed by atoms with E-state index in [0.29, 0.717) is 0 Å². The van der Waals surface area contributed by atoms with Gasteiger partial charge >= 0.3 is 0 Å². The molecule has 1 aromatic heterocycles. The van der Waals surface area contributed by atoms with Gasteiger partial charge in [0.25, 0.3) is 0 Å². The van der Waals surface area contributed by atoms with E-state index in [2.05, 4.69) is 15.8 Å². The van der Waals surface area contributed by atoms with Crippen molar-refractivity contribution in [3.63, 3.8) is 0 Å². The van der Waals surface area contributed by atoms with Crippen molar-refractivity contribution in [3.8, 4) is 17.0 Å². The standard InChI is InChI=1S/C16H15N3OS/c1-20-14-9-7-12(8-10-14)15-11-21-16(17-15)19-18-13-5-3-2-4-6-13/h2-11,18H,1H3,(H,17,19). The summed E-state index contributed by atoms with van der Waals surface area (Å²) in [5.74, 6) is 0.845. The Kier molecular flexibility index (Phi) is 4.02. The van der Waals surface area contributed by atoms with Gasteiger partial charge in [-0.15, -0.1) is 11.3 Å². The third-order valence-corrected chi connectivity index (χ3v) is 3.74. The van der Waals surface area contributed by atoms with Crippen LogP contribution in [-0.2, 0) is 0 Å². The number of ether oxygens (including phenoxy) is 1. The van der Waals surface area contributed by atoms with E-state index in [0.717, 1.165) is 27.8 Å². The summed E-state index contributed by atoms with van der Waals surface area (Å²) in [6.07, 6.45) is 0. The van der Waals surface area contributed by atoms with Crippen LogP contribution in [0.2, 0.25) is 0 Å². The third kappa shape index (κ3) is 3.32. The number of hydrogen-bond acceptors (Lipinski definition) is 5. The Balaban J connectivity index is 1.68. The molecule has 2 aromatic carbocycles. The molecular formula is C16H15N3OS. The zero-order valence-electron chi connectivity index (χ0n) is 11.5. The second-order valence-electron chi connectivity index (χ2n) is 4.38. The molecule has 0 amide bonds. The molecule has 0 saturated carbocycles. The maximum absolute atomic E-state index is 5.16. The molecule has 0 aliphatic rings. The topological polar surface area (TPSA) is 46.2 Å². The lowest BCUT2D eigenvalue weighted by Gasteiger charge is -2.05. The van der Waals surface area contributed by atoms with Gasteiger partial charge in [-0.3, -0.25) is 10.9 Å². The SMILES string of the molecule is COc1ccc(-c2csc(NNc3ccccc3)n2)cc1. The van der Waals surface area contributed by atoms with Crippen LogP contribution in [0.5, 0.6) is 5.75 Å². The summed E-state index contributed by atoms with van der Waals surface area (Å²) in [7, 11) is 1.66. The molecule has 0 spiro atoms. The van der Waals surface area contributed by atoms with Crippen LogP contribution in [0.25, 0.3) is 11.3 Å². The van der Waals surface area contributed by atoms with E-state index in [1.807, 2.05) is 60.0 Å². The molecule has 2 N–H and O–H groups in total. The van der Waals surface area contributed by atoms with Crippen molar-refractivity contribution in [2.24, 2.45) is 0 Å². The maximum Gasteiger partial charge on any atom is 0.202 e. The molecule has 5 heteroatoms. The number of rotatable bonds is 5. The Morgan fingerprint density at radius 1 is 0.952 bits per heavy atom. The van der Waals surface area contributed by atoms with Crippen molar-refractivity contribution in [2.75, 3.05) is 18.0 Å². The lowest BCUT2D eigenvalue weighted by Crippen LogP contribution is -2.07. The highest BCUT2D eigenvalue weighted by Gasteiger charge is 2.04. The summed E-state index contributed by atoms with van der Waals surface area (Å²) in [6, 6.07) is 17.8. The van der Waals surface area contributed by atoms with Crippen molar-refractivity contribution >= 4 is 22.2 Å². The fourth-order valence-electron chi connectivity index (χ4n) is 1.87. The zero-order valence-corrected chi connectivity index (χ0v) is 12.4. The highest BCUT2D eigenvalue weighted by Crippen LogP contribution is 2.26. The molecule has 3 aromatic rings. The molecule has 3 rings (SSSR count). The number of hydrazine groups is 1. The number of benzene rings is 2. The quantitative estimate of drug-likeness (QED) is 0.691. The summed E-state index contributed by atoms with van der Waals surface area (Å²) in [6.45, 7) is 0. The van der Waals surface area contributed by atoms with E-state index >= 15 is 0 Å². The van der Waals surface area contributed by atoms with E-state index in [9.17, 15) is 0 Å². The molecule has 0 aliphatic carbocycles. The molecule has 0 aliphatic heterocycles. The van der Waals surface area contributed by atoms with Crippen molar-refractivity contribution in [3.05, 3.63) is 60.0 Å². The summed E-state index contributed by atoms with van der Waals surface area (Å²) in [5, 5.41) is 2.85. The van der Waals surface area contributed by atoms with E-state index < -0.39 is 0 Å². The maximum atomic E-state index is 5.16. The van der Waals surface area contributed by atoms with Crippen LogP contribution in [0.4, 0.5) is 10.8 Å². The molecule has 4 nitrogen and oxygen atoms in total. The van der Waals surface area contributed by atoms with Crippen LogP contribution in [0, 0.1) is 0 Å². The molecule has 0 saturated heterocycles. The lowest BCUT2D eigenvalue weighted by atomic mass is 10.2. The van der Waals surface area contributed by atoms with Gasteiger partial charge in [-0.25, -0.2) is 4.98 Å². The average Bonchev–Trinajstić information content (AvgIpc) is 3.03. The van der Waals surface area contributed by atoms with E-state index in [4.69, 9.17) is 4.74 Å². The molecular weight excluding hydrogens is 282 g/mol. The Bertz CT molecular complexity index is 695. The molecule has 0 bridgehead atoms. The first-order valence-electron chi connectivity index (χ1n) is 6.52. The van der Waals surface area contributed by atoms with Crippen LogP contribution >= 0.6 is 11.3 Å². The highest BCUT2D eigenvalue weighted by molar-refractivity contribution is 7.14. The number of anilines is 2. The second kappa shape index (κ2) is 6.28. The number of para-hydroxylation sites is 1. The monoisotopic (exact) mass is 297 g/mol. The molecule has 1 heterocycles. The number of aromatic nitrogens is 1. The fraction of sp³-hybridized carbons (Fsp3) is 0.0625. The minimum absolute atomic E-state index is 0.824. The minimum Gasteiger partial charge on any atom is -0.497 e. The fourth-order valence-corrected chi connectivity index (χ4v) is 2.55. The van der Waals surface area contributed by atoms with Crippen molar-refractivity contribution in [1.29, 1.82) is 0 Å². The van der Waals surface area contributed by atoms with Crippen LogP contribution in [-0.4, -0.2) is 12.1 Å². The number of methoxy groups -OCH3 is 1. The predicted molar refractivity (Wildman–Crippen MR) is 87.8 cm³/mol. The first-order chi connectivity index (χ1) is 10.3. The van der Waals surface area contributed by atoms with Crippen molar-refractivity contribution in [2.45, 2.75) is 0 Å². The summed E-state index contributed by atoms with van der Waals surface area (Å²) < 4.78 is 5.16. The van der Waals surface area contributed by atoms with Gasteiger partial charge < -0.3 is 4.74 Å². The van der Waals surface area contributed by atoms with Gasteiger partial charge in [0.2, 0.25) is 5.13 Å². The lowest BCUT2D eigenvalue weighted by molar-refractivity contribution is 0.415. The third-order valence-electron chi connectivity index (χ3n) is 2.98. The molecule has 0 unspecified atom stereocenters. The number of nitrogens with zero attached hydrogens (tertiary/aromatic N) is 1. The Morgan fingerprint density at radius 2 is 1.71 bits per heavy atom. The normalized spacial score (nSPS) is 10.1. The van der Waals surface area contributed by atoms with Gasteiger partial charge in [-0.2, -0.15) is 0 Å². The first-order valence-corrected chi connectivity index (χ1v) is 7.40. The summed E-state index contributed by atoms with van der Waals surface area (Å²) in [5.41, 5.74) is 9.24. The van der Waals surface area contributed by atoms with Crippen molar-refractivity contribution < 1.29 is 4.74 Å². The number of nitrogens with one attached hydrogen (secondary N) is 2. The molecule has 0 fully saturated rings. The highest BCUT2D eigenvalue weighted by atomic mass is 32.1. The average molecular weight is 297 g/mol. The van der Waals surface area contributed by atoms with Gasteiger partial charge in [0.05, 0.1) is 18.5 Å². The largest absolute Gasteiger partial charge is 0.497 e. The molecule has 0 radical (unpaired) electrons. The zero-order chi connectivity index (χ0) is 14.5. The number of hydrogen-bond donors (Lipinski definition) is 2. The van der Waals surface area contributed by atoms with Gasteiger partial charge in [-0.05, 0) is 36.4 Å². The van der Waals surface area contributed by atoms with Crippen LogP contribution in [0.3, 0.4) is 0 Å². The van der Waals surface area contributed by atoms with E-state index in [-0.39, 0.29) is 0 Å². The van der Waals surface area contributed by atoms with Gasteiger partial charge in [0.15, 0.2) is 0 Å².